The minimum absolute atomic E-state index is 0.249. The van der Waals surface area contributed by atoms with Crippen LogP contribution in [0.15, 0.2) is 81.4 Å². The summed E-state index contributed by atoms with van der Waals surface area (Å²) < 4.78 is 32.1. The third-order valence-corrected chi connectivity index (χ3v) is 19.3. The van der Waals surface area contributed by atoms with Crippen LogP contribution in [0, 0.1) is 75.9 Å². The van der Waals surface area contributed by atoms with Gasteiger partial charge >= 0.3 is 0 Å². The van der Waals surface area contributed by atoms with E-state index in [0.29, 0.717) is 31.8 Å². The first-order valence-electron chi connectivity index (χ1n) is 13.3. The van der Waals surface area contributed by atoms with Crippen molar-refractivity contribution in [2.45, 2.75) is 43.9 Å². The van der Waals surface area contributed by atoms with Gasteiger partial charge in [0, 0.05) is 32.2 Å². The van der Waals surface area contributed by atoms with Crippen LogP contribution in [0.25, 0.3) is 0 Å². The molecule has 4 aliphatic rings. The first kappa shape index (κ1) is 28.8. The molecular weight excluding hydrogens is 605 g/mol. The van der Waals surface area contributed by atoms with Crippen molar-refractivity contribution < 1.29 is 9.13 Å². The van der Waals surface area contributed by atoms with Gasteiger partial charge in [0.15, 0.2) is 18.0 Å². The number of nitriles is 4. The molecular formula is C32H24Cl2N4O2P2. The first-order valence-corrected chi connectivity index (χ1v) is 17.6. The number of alkyl halides is 1. The van der Waals surface area contributed by atoms with Gasteiger partial charge in [-0.3, -0.25) is 0 Å². The summed E-state index contributed by atoms with van der Waals surface area (Å²) in [6.07, 6.45) is 1.68. The van der Waals surface area contributed by atoms with E-state index >= 15 is 9.13 Å². The van der Waals surface area contributed by atoms with Gasteiger partial charge in [-0.05, 0) is 56.0 Å². The smallest absolute Gasteiger partial charge is 0.198 e. The Hall–Kier alpha value is -3.34. The zero-order valence-corrected chi connectivity index (χ0v) is 26.5. The molecule has 3 aliphatic heterocycles. The van der Waals surface area contributed by atoms with Gasteiger partial charge in [-0.1, -0.05) is 60.1 Å². The van der Waals surface area contributed by atoms with E-state index in [9.17, 15) is 21.0 Å². The molecule has 0 aromatic heterocycles. The van der Waals surface area contributed by atoms with Crippen LogP contribution < -0.4 is 10.6 Å². The van der Waals surface area contributed by atoms with Crippen LogP contribution in [-0.2, 0) is 9.13 Å². The lowest BCUT2D eigenvalue weighted by molar-refractivity contribution is -0.0101. The maximum atomic E-state index is 16.2. The third-order valence-electron chi connectivity index (χ3n) is 10.0. The normalized spacial score (nSPS) is 34.9. The largest absolute Gasteiger partial charge is 0.313 e. The highest BCUT2D eigenvalue weighted by atomic mass is 35.5. The molecule has 6 atom stereocenters. The first-order chi connectivity index (χ1) is 19.8. The summed E-state index contributed by atoms with van der Waals surface area (Å²) in [6.45, 7) is 7.02. The molecule has 2 aromatic carbocycles. The van der Waals surface area contributed by atoms with E-state index in [2.05, 4.69) is 0 Å². The second-order valence-corrected chi connectivity index (χ2v) is 18.2. The van der Waals surface area contributed by atoms with Crippen LogP contribution in [0.3, 0.4) is 0 Å². The lowest BCUT2D eigenvalue weighted by Gasteiger charge is -2.69. The molecule has 1 aliphatic carbocycles. The highest BCUT2D eigenvalue weighted by Gasteiger charge is 2.89. The van der Waals surface area contributed by atoms with Crippen molar-refractivity contribution in [2.75, 3.05) is 0 Å². The highest BCUT2D eigenvalue weighted by Crippen LogP contribution is 2.90. The van der Waals surface area contributed by atoms with E-state index in [-0.39, 0.29) is 5.57 Å². The van der Waals surface area contributed by atoms with Crippen LogP contribution in [0.1, 0.15) is 25.0 Å². The van der Waals surface area contributed by atoms with Crippen molar-refractivity contribution in [3.05, 3.63) is 92.5 Å². The van der Waals surface area contributed by atoms with Crippen molar-refractivity contribution in [1.82, 2.24) is 0 Å². The third kappa shape index (κ3) is 2.73. The van der Waals surface area contributed by atoms with Gasteiger partial charge in [0.1, 0.15) is 12.0 Å². The zero-order valence-electron chi connectivity index (χ0n) is 23.2. The Bertz CT molecular complexity index is 1990. The van der Waals surface area contributed by atoms with Gasteiger partial charge in [0.05, 0.1) is 35.6 Å². The number of rotatable bonds is 2. The summed E-state index contributed by atoms with van der Waals surface area (Å²) >= 11 is 14.3. The molecule has 1 saturated carbocycles. The second kappa shape index (κ2) is 8.84. The van der Waals surface area contributed by atoms with E-state index in [4.69, 9.17) is 23.2 Å². The van der Waals surface area contributed by atoms with E-state index in [1.165, 1.54) is 0 Å². The lowest BCUT2D eigenvalue weighted by Crippen LogP contribution is -2.78. The SMILES string of the molecule is CC1=C2[C@H]3[C@H]4C(C#N)(C#N)C(C#N)(C#N)[C@@]4(Cl)C(C)=C([C@H](C=C1Cl)P2(=O)c1ccccc1C)P3(=O)c1ccccc1C. The molecule has 0 amide bonds. The number of hydrogen-bond acceptors (Lipinski definition) is 6. The van der Waals surface area contributed by atoms with Gasteiger partial charge in [0.25, 0.3) is 0 Å². The van der Waals surface area contributed by atoms with Crippen LogP contribution in [0.2, 0.25) is 0 Å². The van der Waals surface area contributed by atoms with Gasteiger partial charge in [-0.15, -0.1) is 11.6 Å². The molecule has 10 heteroatoms. The fourth-order valence-corrected chi connectivity index (χ4v) is 19.5. The van der Waals surface area contributed by atoms with Gasteiger partial charge < -0.3 is 9.13 Å². The number of halogens is 2. The molecule has 4 bridgehead atoms. The molecule has 0 radical (unpaired) electrons. The van der Waals surface area contributed by atoms with Crippen molar-refractivity contribution in [2.24, 2.45) is 16.7 Å². The Kier molecular flexibility index (Phi) is 6.06. The average molecular weight is 629 g/mol. The maximum Gasteiger partial charge on any atom is 0.198 e. The standard InChI is InChI=1S/C32H24Cl2N4O2P2/c1-18-9-5-7-11-23(18)41(39)25-13-22(33)20(3)26(41)28-29-30(14-35,15-36)31(16-37,17-38)32(29,34)21(4)27(25)42(28,40)24-12-8-6-10-19(24)2/h5-13,25,28-29H,1-4H3/t25-,28-,29-,32+,41?,42?/m0/s1. The van der Waals surface area contributed by atoms with Gasteiger partial charge in [-0.25, -0.2) is 0 Å². The number of fused-ring (bicyclic) bond motifs is 8. The second-order valence-electron chi connectivity index (χ2n) is 11.5. The highest BCUT2D eigenvalue weighted by molar-refractivity contribution is 7.85. The minimum atomic E-state index is -3.86. The molecule has 2 fully saturated rings. The van der Waals surface area contributed by atoms with Gasteiger partial charge in [-0.2, -0.15) is 21.0 Å². The Labute approximate surface area is 254 Å². The summed E-state index contributed by atoms with van der Waals surface area (Å²) in [5.41, 5.74) is -4.51. The average Bonchev–Trinajstić information content (AvgIpc) is 2.97. The number of allylic oxidation sites excluding steroid dienone is 6. The number of benzene rings is 2. The molecule has 2 unspecified atom stereocenters. The molecule has 1 saturated heterocycles. The van der Waals surface area contributed by atoms with Crippen LogP contribution >= 0.6 is 37.5 Å². The summed E-state index contributed by atoms with van der Waals surface area (Å²) in [6, 6.07) is 22.4. The van der Waals surface area contributed by atoms with Crippen LogP contribution in [-0.4, -0.2) is 16.2 Å². The number of aryl methyl sites for hydroxylation is 2. The molecule has 3 heterocycles. The minimum Gasteiger partial charge on any atom is -0.313 e. The Balaban J connectivity index is 1.90. The summed E-state index contributed by atoms with van der Waals surface area (Å²) in [5.74, 6) is -1.29. The molecule has 0 N–H and O–H groups in total. The Morgan fingerprint density at radius 3 is 1.74 bits per heavy atom. The van der Waals surface area contributed by atoms with Crippen molar-refractivity contribution in [3.63, 3.8) is 0 Å². The molecule has 42 heavy (non-hydrogen) atoms. The Morgan fingerprint density at radius 1 is 0.762 bits per heavy atom. The predicted molar refractivity (Wildman–Crippen MR) is 163 cm³/mol. The van der Waals surface area contributed by atoms with E-state index in [0.717, 1.165) is 11.1 Å². The number of hydrogen-bond donors (Lipinski definition) is 0. The zero-order chi connectivity index (χ0) is 30.6. The van der Waals surface area contributed by atoms with Gasteiger partial charge in [0.2, 0.25) is 0 Å². The Morgan fingerprint density at radius 2 is 1.26 bits per heavy atom. The van der Waals surface area contributed by atoms with Crippen molar-refractivity contribution in [3.8, 4) is 24.3 Å². The van der Waals surface area contributed by atoms with Crippen LogP contribution in [0.5, 0.6) is 0 Å². The maximum absolute atomic E-state index is 16.2. The van der Waals surface area contributed by atoms with Crippen LogP contribution in [0.4, 0.5) is 0 Å². The van der Waals surface area contributed by atoms with E-state index in [1.54, 1.807) is 44.2 Å². The fourth-order valence-electron chi connectivity index (χ4n) is 8.17. The number of nitrogens with zero attached hydrogens (tertiary/aromatic N) is 4. The lowest BCUT2D eigenvalue weighted by atomic mass is 9.36. The van der Waals surface area contributed by atoms with Crippen molar-refractivity contribution >= 4 is 48.1 Å². The molecule has 208 valence electrons. The topological polar surface area (TPSA) is 129 Å². The quantitative estimate of drug-likeness (QED) is 0.257. The van der Waals surface area contributed by atoms with E-state index in [1.807, 2.05) is 62.4 Å². The summed E-state index contributed by atoms with van der Waals surface area (Å²) in [7, 11) is -7.55. The van der Waals surface area contributed by atoms with Crippen molar-refractivity contribution in [1.29, 1.82) is 21.0 Å². The van der Waals surface area contributed by atoms with E-state index < -0.39 is 47.2 Å². The molecule has 2 aromatic rings. The summed E-state index contributed by atoms with van der Waals surface area (Å²) in [4.78, 5) is -1.84. The molecule has 6 rings (SSSR count). The molecule has 0 spiro atoms. The molecule has 6 nitrogen and oxygen atoms in total. The fraction of sp³-hybridized carbons (Fsp3) is 0.312. The monoisotopic (exact) mass is 628 g/mol. The predicted octanol–water partition coefficient (Wildman–Crippen LogP) is 7.10. The summed E-state index contributed by atoms with van der Waals surface area (Å²) in [5, 5.41) is 44.3.